The van der Waals surface area contributed by atoms with Gasteiger partial charge in [-0.3, -0.25) is 4.79 Å². The van der Waals surface area contributed by atoms with Gasteiger partial charge in [-0.15, -0.1) is 0 Å². The van der Waals surface area contributed by atoms with Crippen LogP contribution >= 0.6 is 0 Å². The second-order valence-electron chi connectivity index (χ2n) is 22.7. The van der Waals surface area contributed by atoms with E-state index >= 15 is 0 Å². The smallest absolute Gasteiger partial charge is 0.410 e. The third-order valence-electron chi connectivity index (χ3n) is 17.8. The molecular formula is C55H83N3O5. The molecule has 0 bridgehead atoms. The molecule has 8 nitrogen and oxygen atoms in total. The maximum Gasteiger partial charge on any atom is 0.410 e. The minimum Gasteiger partial charge on any atom is -0.449 e. The molecule has 4 fully saturated rings. The maximum atomic E-state index is 13.9. The fourth-order valence-corrected chi connectivity index (χ4v) is 14.4. The highest BCUT2D eigenvalue weighted by molar-refractivity contribution is 5.79. The second-order valence-corrected chi connectivity index (χ2v) is 22.7. The molecule has 3 amide bonds. The van der Waals surface area contributed by atoms with E-state index in [4.69, 9.17) is 9.47 Å². The van der Waals surface area contributed by atoms with Gasteiger partial charge in [0.1, 0.15) is 12.2 Å². The van der Waals surface area contributed by atoms with E-state index in [1.165, 1.54) is 75.3 Å². The quantitative estimate of drug-likeness (QED) is 0.164. The van der Waals surface area contributed by atoms with Crippen LogP contribution in [0.1, 0.15) is 169 Å². The van der Waals surface area contributed by atoms with Crippen molar-refractivity contribution >= 4 is 18.1 Å². The zero-order valence-corrected chi connectivity index (χ0v) is 40.6. The van der Waals surface area contributed by atoms with Crippen LogP contribution in [0.5, 0.6) is 0 Å². The van der Waals surface area contributed by atoms with E-state index in [0.717, 1.165) is 65.4 Å². The van der Waals surface area contributed by atoms with Crippen molar-refractivity contribution in [3.63, 3.8) is 0 Å². The number of fused-ring (bicyclic) bond motifs is 8. The predicted octanol–water partition coefficient (Wildman–Crippen LogP) is 12.8. The van der Waals surface area contributed by atoms with Crippen molar-refractivity contribution in [2.24, 2.45) is 58.2 Å². The molecule has 0 aromatic heterocycles. The topological polar surface area (TPSA) is 97.0 Å². The standard InChI is InChI=1S/C55H83N3O5/c1-10-38(36(2)3)21-20-37(4)47-24-25-48-45-23-22-39-34-40(26-29-54(39,8)49(45)27-30-55(47,48)9)58(52(61)63-53(5,6)7)33-15-31-56-50(59)28-32-57-51(60)62-35-46-43-18-13-11-16-41(43)42-17-12-14-19-44(42)46/h11-14,16-19,36-40,45-49H,10,15,20-35H2,1-9H3,(H,56,59)(H,57,60)/t37-,38-,39?,40?,45?,47?,48?,49?,54?,55?/m1/s1. The highest BCUT2D eigenvalue weighted by atomic mass is 16.6. The fourth-order valence-electron chi connectivity index (χ4n) is 14.4. The van der Waals surface area contributed by atoms with E-state index in [2.05, 4.69) is 76.4 Å². The maximum absolute atomic E-state index is 13.9. The predicted molar refractivity (Wildman–Crippen MR) is 254 cm³/mol. The highest BCUT2D eigenvalue weighted by Gasteiger charge is 2.61. The van der Waals surface area contributed by atoms with Crippen LogP contribution in [0, 0.1) is 58.2 Å². The van der Waals surface area contributed by atoms with E-state index < -0.39 is 11.7 Å². The van der Waals surface area contributed by atoms with Crippen molar-refractivity contribution < 1.29 is 23.9 Å². The monoisotopic (exact) mass is 866 g/mol. The Kier molecular flexibility index (Phi) is 15.0. The van der Waals surface area contributed by atoms with E-state index in [1.54, 1.807) is 0 Å². The van der Waals surface area contributed by atoms with Crippen LogP contribution in [0.4, 0.5) is 9.59 Å². The molecule has 10 atom stereocenters. The summed E-state index contributed by atoms with van der Waals surface area (Å²) in [4.78, 5) is 41.4. The molecule has 348 valence electrons. The molecule has 0 saturated heterocycles. The van der Waals surface area contributed by atoms with E-state index in [0.29, 0.717) is 36.3 Å². The third-order valence-corrected chi connectivity index (χ3v) is 17.8. The summed E-state index contributed by atoms with van der Waals surface area (Å²) in [6, 6.07) is 16.7. The van der Waals surface area contributed by atoms with Gasteiger partial charge in [0.2, 0.25) is 5.91 Å². The summed E-state index contributed by atoms with van der Waals surface area (Å²) in [7, 11) is 0. The first kappa shape index (κ1) is 47.4. The van der Waals surface area contributed by atoms with E-state index in [9.17, 15) is 14.4 Å². The largest absolute Gasteiger partial charge is 0.449 e. The van der Waals surface area contributed by atoms with Gasteiger partial charge >= 0.3 is 12.2 Å². The molecule has 2 N–H and O–H groups in total. The van der Waals surface area contributed by atoms with Gasteiger partial charge in [-0.2, -0.15) is 0 Å². The average molecular weight is 866 g/mol. The van der Waals surface area contributed by atoms with Crippen molar-refractivity contribution in [1.29, 1.82) is 0 Å². The molecule has 4 saturated carbocycles. The van der Waals surface area contributed by atoms with Gasteiger partial charge in [-0.1, -0.05) is 103 Å². The van der Waals surface area contributed by atoms with Crippen LogP contribution in [0.15, 0.2) is 48.5 Å². The molecule has 2 aromatic carbocycles. The SMILES string of the molecule is CC[C@H](CC[C@@H](C)C1CCC2C3CCC4CC(N(CCCNC(=O)CCNC(=O)OCC5c6ccccc6-c6ccccc65)C(=O)OC(C)(C)C)CCC4(C)C3CCC21C)C(C)C. The lowest BCUT2D eigenvalue weighted by Gasteiger charge is -2.62. The van der Waals surface area contributed by atoms with Crippen LogP contribution < -0.4 is 10.6 Å². The molecule has 0 radical (unpaired) electrons. The summed E-state index contributed by atoms with van der Waals surface area (Å²) in [5.41, 5.74) is 4.93. The molecule has 5 aliphatic carbocycles. The number of hydrogen-bond donors (Lipinski definition) is 2. The zero-order chi connectivity index (χ0) is 45.1. The molecule has 63 heavy (non-hydrogen) atoms. The molecule has 0 spiro atoms. The first-order chi connectivity index (χ1) is 30.0. The van der Waals surface area contributed by atoms with Crippen LogP contribution in [0.3, 0.4) is 0 Å². The number of carbonyl (C=O) groups is 3. The Morgan fingerprint density at radius 2 is 1.48 bits per heavy atom. The Hall–Kier alpha value is -3.55. The number of alkyl carbamates (subject to hydrolysis) is 1. The molecule has 8 heteroatoms. The molecule has 2 aromatic rings. The molecule has 0 heterocycles. The summed E-state index contributed by atoms with van der Waals surface area (Å²) in [6.07, 6.45) is 15.6. The van der Waals surface area contributed by atoms with E-state index in [1.807, 2.05) is 49.9 Å². The van der Waals surface area contributed by atoms with Crippen LogP contribution in [-0.2, 0) is 14.3 Å². The van der Waals surface area contributed by atoms with Crippen molar-refractivity contribution in [3.8, 4) is 11.1 Å². The number of ether oxygens (including phenoxy) is 2. The number of benzene rings is 2. The summed E-state index contributed by atoms with van der Waals surface area (Å²) in [5, 5.41) is 5.78. The zero-order valence-electron chi connectivity index (χ0n) is 40.6. The number of rotatable bonds is 16. The highest BCUT2D eigenvalue weighted by Crippen LogP contribution is 2.68. The van der Waals surface area contributed by atoms with Crippen molar-refractivity contribution in [1.82, 2.24) is 15.5 Å². The van der Waals surface area contributed by atoms with Gasteiger partial charge < -0.3 is 25.0 Å². The van der Waals surface area contributed by atoms with Gasteiger partial charge in [-0.05, 0) is 172 Å². The second kappa shape index (κ2) is 19.9. The van der Waals surface area contributed by atoms with Gasteiger partial charge in [0.25, 0.3) is 0 Å². The number of nitrogens with one attached hydrogen (secondary N) is 2. The molecule has 7 rings (SSSR count). The number of nitrogens with zero attached hydrogens (tertiary/aromatic N) is 1. The normalized spacial score (nSPS) is 29.6. The Morgan fingerprint density at radius 1 is 0.810 bits per heavy atom. The van der Waals surface area contributed by atoms with Gasteiger partial charge in [-0.25, -0.2) is 9.59 Å². The molecule has 0 aliphatic heterocycles. The Balaban J connectivity index is 0.872. The average Bonchev–Trinajstić information content (AvgIpc) is 3.76. The van der Waals surface area contributed by atoms with Crippen LogP contribution in [-0.4, -0.2) is 60.9 Å². The number of amides is 3. The summed E-state index contributed by atoms with van der Waals surface area (Å²) in [6.45, 7) is 22.4. The summed E-state index contributed by atoms with van der Waals surface area (Å²) >= 11 is 0. The van der Waals surface area contributed by atoms with Crippen LogP contribution in [0.2, 0.25) is 0 Å². The minimum atomic E-state index is -0.581. The first-order valence-electron chi connectivity index (χ1n) is 25.4. The summed E-state index contributed by atoms with van der Waals surface area (Å²) < 4.78 is 11.7. The van der Waals surface area contributed by atoms with Crippen molar-refractivity contribution in [2.75, 3.05) is 26.2 Å². The van der Waals surface area contributed by atoms with E-state index in [-0.39, 0.29) is 43.5 Å². The fraction of sp³-hybridized carbons (Fsp3) is 0.727. The molecule has 5 aliphatic rings. The number of hydrogen-bond acceptors (Lipinski definition) is 5. The van der Waals surface area contributed by atoms with Gasteiger partial charge in [0.05, 0.1) is 0 Å². The number of carbonyl (C=O) groups excluding carboxylic acids is 3. The lowest BCUT2D eigenvalue weighted by Crippen LogP contribution is -2.56. The third kappa shape index (κ3) is 10.3. The molecular weight excluding hydrogens is 783 g/mol. The van der Waals surface area contributed by atoms with Gasteiger partial charge in [0.15, 0.2) is 0 Å². The molecule has 8 unspecified atom stereocenters. The minimum absolute atomic E-state index is 0.0133. The van der Waals surface area contributed by atoms with Crippen molar-refractivity contribution in [2.45, 2.75) is 170 Å². The lowest BCUT2D eigenvalue weighted by atomic mass is 9.44. The summed E-state index contributed by atoms with van der Waals surface area (Å²) in [5.74, 6) is 6.30. The Labute approximate surface area is 381 Å². The van der Waals surface area contributed by atoms with Gasteiger partial charge in [0, 0.05) is 38.0 Å². The Bertz CT molecular complexity index is 1840. The van der Waals surface area contributed by atoms with Crippen LogP contribution in [0.25, 0.3) is 11.1 Å². The lowest BCUT2D eigenvalue weighted by molar-refractivity contribution is -0.124. The Morgan fingerprint density at radius 3 is 2.14 bits per heavy atom. The van der Waals surface area contributed by atoms with Crippen molar-refractivity contribution in [3.05, 3.63) is 59.7 Å². The first-order valence-corrected chi connectivity index (χ1v) is 25.4.